The molecule has 1 atom stereocenters. The molecule has 0 spiro atoms. The van der Waals surface area contributed by atoms with E-state index in [-0.39, 0.29) is 29.4 Å². The quantitative estimate of drug-likeness (QED) is 0.303. The fourth-order valence-corrected chi connectivity index (χ4v) is 6.05. The summed E-state index contributed by atoms with van der Waals surface area (Å²) in [6.45, 7) is 2.43. The van der Waals surface area contributed by atoms with E-state index in [4.69, 9.17) is 14.6 Å². The maximum atomic E-state index is 13.8. The van der Waals surface area contributed by atoms with Gasteiger partial charge < -0.3 is 14.8 Å². The highest BCUT2D eigenvalue weighted by molar-refractivity contribution is 8.00. The van der Waals surface area contributed by atoms with Crippen LogP contribution in [-0.4, -0.2) is 54.7 Å². The van der Waals surface area contributed by atoms with E-state index in [1.54, 1.807) is 23.8 Å². The van der Waals surface area contributed by atoms with Crippen molar-refractivity contribution in [2.24, 2.45) is 0 Å². The number of benzene rings is 3. The van der Waals surface area contributed by atoms with Crippen LogP contribution in [0.1, 0.15) is 29.7 Å². The van der Waals surface area contributed by atoms with Crippen molar-refractivity contribution in [1.29, 1.82) is 0 Å². The highest BCUT2D eigenvalue weighted by Gasteiger charge is 2.38. The summed E-state index contributed by atoms with van der Waals surface area (Å²) in [5, 5.41) is 7.75. The number of nitrogens with zero attached hydrogens (tertiary/aromatic N) is 3. The topological polar surface area (TPSA) is 85.7 Å². The van der Waals surface area contributed by atoms with E-state index in [0.717, 1.165) is 40.2 Å². The minimum atomic E-state index is -0.277. The Hall–Kier alpha value is -4.24. The smallest absolute Gasteiger partial charge is 0.240 e. The summed E-state index contributed by atoms with van der Waals surface area (Å²) < 4.78 is 12.9. The average molecular weight is 557 g/mol. The van der Waals surface area contributed by atoms with Gasteiger partial charge >= 0.3 is 0 Å². The molecule has 0 radical (unpaired) electrons. The first-order valence-corrected chi connectivity index (χ1v) is 14.2. The number of amides is 2. The minimum absolute atomic E-state index is 0.110. The van der Waals surface area contributed by atoms with Crippen LogP contribution in [0.5, 0.6) is 11.5 Å². The Labute approximate surface area is 238 Å². The molecule has 1 unspecified atom stereocenters. The Bertz CT molecular complexity index is 1490. The van der Waals surface area contributed by atoms with Gasteiger partial charge in [-0.25, -0.2) is 4.68 Å². The molecule has 0 saturated heterocycles. The highest BCUT2D eigenvalue weighted by Crippen LogP contribution is 2.50. The van der Waals surface area contributed by atoms with E-state index < -0.39 is 0 Å². The maximum absolute atomic E-state index is 13.8. The Balaban J connectivity index is 1.79. The SMILES string of the molecule is CCCNC(=O)CN1C(=O)CSC(c2ccccc2OC)c2c(-c3ccccc3)nn(-c3ccc(OC)cc3)c21. The number of thioether (sulfide) groups is 1. The number of carbonyl (C=O) groups is 2. The van der Waals surface area contributed by atoms with Gasteiger partial charge in [0.25, 0.3) is 0 Å². The number of methoxy groups -OCH3 is 2. The molecule has 2 amide bonds. The predicted molar refractivity (Wildman–Crippen MR) is 159 cm³/mol. The van der Waals surface area contributed by atoms with Gasteiger partial charge in [0, 0.05) is 23.2 Å². The molecule has 40 heavy (non-hydrogen) atoms. The minimum Gasteiger partial charge on any atom is -0.497 e. The molecule has 9 heteroatoms. The van der Waals surface area contributed by atoms with Crippen molar-refractivity contribution in [3.8, 4) is 28.4 Å². The summed E-state index contributed by atoms with van der Waals surface area (Å²) in [5.74, 6) is 1.81. The number of hydrogen-bond donors (Lipinski definition) is 1. The second kappa shape index (κ2) is 12.3. The molecule has 0 bridgehead atoms. The molecule has 1 aromatic heterocycles. The largest absolute Gasteiger partial charge is 0.497 e. The number of nitrogens with one attached hydrogen (secondary N) is 1. The van der Waals surface area contributed by atoms with Crippen LogP contribution in [0.25, 0.3) is 16.9 Å². The number of hydrogen-bond acceptors (Lipinski definition) is 6. The molecular formula is C31H32N4O4S. The van der Waals surface area contributed by atoms with Crippen LogP contribution in [0.4, 0.5) is 5.82 Å². The van der Waals surface area contributed by atoms with E-state index in [9.17, 15) is 9.59 Å². The Morgan fingerprint density at radius 3 is 2.42 bits per heavy atom. The molecule has 5 rings (SSSR count). The molecule has 3 aromatic carbocycles. The van der Waals surface area contributed by atoms with Crippen molar-refractivity contribution in [3.63, 3.8) is 0 Å². The Morgan fingerprint density at radius 2 is 1.73 bits per heavy atom. The van der Waals surface area contributed by atoms with Gasteiger partial charge in [0.1, 0.15) is 23.9 Å². The van der Waals surface area contributed by atoms with Gasteiger partial charge in [-0.3, -0.25) is 14.5 Å². The van der Waals surface area contributed by atoms with Gasteiger partial charge in [0.15, 0.2) is 0 Å². The number of aromatic nitrogens is 2. The third-order valence-electron chi connectivity index (χ3n) is 6.75. The zero-order valence-electron chi connectivity index (χ0n) is 22.8. The van der Waals surface area contributed by atoms with Crippen LogP contribution in [0.2, 0.25) is 0 Å². The van der Waals surface area contributed by atoms with Gasteiger partial charge in [0.2, 0.25) is 11.8 Å². The Morgan fingerprint density at radius 1 is 1.00 bits per heavy atom. The molecule has 2 heterocycles. The average Bonchev–Trinajstić information content (AvgIpc) is 3.33. The fourth-order valence-electron chi connectivity index (χ4n) is 4.82. The van der Waals surface area contributed by atoms with E-state index in [1.165, 1.54) is 11.8 Å². The van der Waals surface area contributed by atoms with Crippen LogP contribution >= 0.6 is 11.8 Å². The number of fused-ring (bicyclic) bond motifs is 1. The van der Waals surface area contributed by atoms with Gasteiger partial charge in [0.05, 0.1) is 36.6 Å². The number of ether oxygens (including phenoxy) is 2. The van der Waals surface area contributed by atoms with E-state index >= 15 is 0 Å². The number of rotatable bonds is 9. The zero-order valence-corrected chi connectivity index (χ0v) is 23.6. The summed E-state index contributed by atoms with van der Waals surface area (Å²) in [6, 6.07) is 25.3. The molecule has 1 aliphatic heterocycles. The van der Waals surface area contributed by atoms with E-state index in [0.29, 0.717) is 18.1 Å². The van der Waals surface area contributed by atoms with Gasteiger partial charge in [-0.15, -0.1) is 11.8 Å². The lowest BCUT2D eigenvalue weighted by atomic mass is 9.99. The van der Waals surface area contributed by atoms with Crippen molar-refractivity contribution >= 4 is 29.4 Å². The highest BCUT2D eigenvalue weighted by atomic mass is 32.2. The maximum Gasteiger partial charge on any atom is 0.240 e. The summed E-state index contributed by atoms with van der Waals surface area (Å²) in [6.07, 6.45) is 0.804. The van der Waals surface area contributed by atoms with Crippen molar-refractivity contribution in [1.82, 2.24) is 15.1 Å². The first kappa shape index (κ1) is 27.3. The summed E-state index contributed by atoms with van der Waals surface area (Å²) >= 11 is 1.51. The number of anilines is 1. The molecule has 1 N–H and O–H groups in total. The summed E-state index contributed by atoms with van der Waals surface area (Å²) in [4.78, 5) is 28.4. The normalized spacial score (nSPS) is 14.8. The lowest BCUT2D eigenvalue weighted by molar-refractivity contribution is -0.122. The monoisotopic (exact) mass is 556 g/mol. The van der Waals surface area contributed by atoms with Crippen molar-refractivity contribution < 1.29 is 19.1 Å². The first-order chi connectivity index (χ1) is 19.5. The van der Waals surface area contributed by atoms with Crippen molar-refractivity contribution in [2.45, 2.75) is 18.6 Å². The summed E-state index contributed by atoms with van der Waals surface area (Å²) in [7, 11) is 3.27. The second-order valence-corrected chi connectivity index (χ2v) is 10.4. The van der Waals surface area contributed by atoms with E-state index in [2.05, 4.69) is 5.32 Å². The molecule has 0 saturated carbocycles. The number of para-hydroxylation sites is 1. The van der Waals surface area contributed by atoms with Crippen LogP contribution in [0, 0.1) is 0 Å². The molecule has 0 fully saturated rings. The first-order valence-electron chi connectivity index (χ1n) is 13.2. The zero-order chi connectivity index (χ0) is 28.1. The van der Waals surface area contributed by atoms with Gasteiger partial charge in [-0.1, -0.05) is 55.5 Å². The molecule has 206 valence electrons. The summed E-state index contributed by atoms with van der Waals surface area (Å²) in [5.41, 5.74) is 4.19. The van der Waals surface area contributed by atoms with Crippen LogP contribution in [0.15, 0.2) is 78.9 Å². The lowest BCUT2D eigenvalue weighted by Gasteiger charge is -2.23. The second-order valence-electron chi connectivity index (χ2n) is 9.32. The van der Waals surface area contributed by atoms with Crippen LogP contribution in [0.3, 0.4) is 0 Å². The van der Waals surface area contributed by atoms with Crippen molar-refractivity contribution in [2.75, 3.05) is 38.0 Å². The fraction of sp³-hybridized carbons (Fsp3) is 0.258. The molecule has 0 aliphatic carbocycles. The van der Waals surface area contributed by atoms with Gasteiger partial charge in [-0.2, -0.15) is 5.10 Å². The number of carbonyl (C=O) groups excluding carboxylic acids is 2. The Kier molecular flexibility index (Phi) is 8.40. The lowest BCUT2D eigenvalue weighted by Crippen LogP contribution is -2.42. The molecular weight excluding hydrogens is 524 g/mol. The molecule has 8 nitrogen and oxygen atoms in total. The third-order valence-corrected chi connectivity index (χ3v) is 7.99. The van der Waals surface area contributed by atoms with Crippen LogP contribution < -0.4 is 19.7 Å². The van der Waals surface area contributed by atoms with E-state index in [1.807, 2.05) is 85.8 Å². The molecule has 4 aromatic rings. The molecule has 1 aliphatic rings. The standard InChI is InChI=1S/C31H32N4O4S/c1-4-18-32-26(36)19-34-27(37)20-40-30(24-12-8-9-13-25(24)39-3)28-29(21-10-6-5-7-11-21)33-35(31(28)34)22-14-16-23(38-2)17-15-22/h5-17,30H,4,18-20H2,1-3H3,(H,32,36). The predicted octanol–water partition coefficient (Wildman–Crippen LogP) is 5.25. The van der Waals surface area contributed by atoms with Crippen molar-refractivity contribution in [3.05, 3.63) is 90.0 Å². The van der Waals surface area contributed by atoms with Gasteiger partial charge in [-0.05, 0) is 36.8 Å². The third kappa shape index (κ3) is 5.42. The van der Waals surface area contributed by atoms with Crippen LogP contribution in [-0.2, 0) is 9.59 Å².